The van der Waals surface area contributed by atoms with Crippen molar-refractivity contribution < 1.29 is 19.0 Å². The summed E-state index contributed by atoms with van der Waals surface area (Å²) in [5, 5.41) is 9.57. The first kappa shape index (κ1) is 15.8. The molecule has 0 aliphatic heterocycles. The van der Waals surface area contributed by atoms with Gasteiger partial charge in [0.25, 0.3) is 0 Å². The summed E-state index contributed by atoms with van der Waals surface area (Å²) in [7, 11) is 0. The first-order valence-corrected chi connectivity index (χ1v) is 7.63. The van der Waals surface area contributed by atoms with Gasteiger partial charge in [-0.1, -0.05) is 24.9 Å². The van der Waals surface area contributed by atoms with Crippen LogP contribution in [0.4, 0.5) is 4.39 Å². The molecule has 0 bridgehead atoms. The first-order valence-electron chi connectivity index (χ1n) is 6.44. The first-order chi connectivity index (χ1) is 10.0. The summed E-state index contributed by atoms with van der Waals surface area (Å²) in [6.07, 6.45) is 1.73. The number of carbonyl (C=O) groups is 1. The molecular formula is C15H14ClFO3S. The Morgan fingerprint density at radius 1 is 1.43 bits per heavy atom. The maximum Gasteiger partial charge on any atom is 0.349 e. The summed E-state index contributed by atoms with van der Waals surface area (Å²) >= 11 is 7.16. The van der Waals surface area contributed by atoms with E-state index in [1.54, 1.807) is 6.07 Å². The number of halogens is 2. The van der Waals surface area contributed by atoms with Crippen LogP contribution in [0.25, 0.3) is 0 Å². The van der Waals surface area contributed by atoms with Gasteiger partial charge in [0.2, 0.25) is 0 Å². The van der Waals surface area contributed by atoms with Crippen LogP contribution in [-0.4, -0.2) is 11.1 Å². The van der Waals surface area contributed by atoms with Gasteiger partial charge in [0, 0.05) is 15.5 Å². The van der Waals surface area contributed by atoms with Crippen molar-refractivity contribution in [2.45, 2.75) is 26.4 Å². The Balaban J connectivity index is 2.18. The van der Waals surface area contributed by atoms with Crippen LogP contribution in [0.3, 0.4) is 0 Å². The van der Waals surface area contributed by atoms with Crippen LogP contribution in [-0.2, 0) is 13.0 Å². The minimum atomic E-state index is -1.03. The second-order valence-electron chi connectivity index (χ2n) is 4.49. The van der Waals surface area contributed by atoms with E-state index < -0.39 is 11.8 Å². The molecule has 1 aromatic heterocycles. The van der Waals surface area contributed by atoms with Gasteiger partial charge in [0.1, 0.15) is 18.2 Å². The molecule has 2 aromatic rings. The molecule has 112 valence electrons. The van der Waals surface area contributed by atoms with E-state index in [0.717, 1.165) is 17.7 Å². The minimum Gasteiger partial charge on any atom is -0.487 e. The fourth-order valence-electron chi connectivity index (χ4n) is 1.86. The number of hydrogen-bond acceptors (Lipinski definition) is 3. The molecule has 6 heteroatoms. The van der Waals surface area contributed by atoms with Crippen molar-refractivity contribution in [2.75, 3.05) is 0 Å². The molecule has 0 spiro atoms. The maximum atomic E-state index is 13.2. The van der Waals surface area contributed by atoms with Crippen molar-refractivity contribution in [3.05, 3.63) is 50.4 Å². The smallest absolute Gasteiger partial charge is 0.349 e. The van der Waals surface area contributed by atoms with E-state index in [0.29, 0.717) is 16.3 Å². The van der Waals surface area contributed by atoms with Crippen molar-refractivity contribution >= 4 is 28.9 Å². The predicted molar refractivity (Wildman–Crippen MR) is 81.0 cm³/mol. The van der Waals surface area contributed by atoms with E-state index in [9.17, 15) is 14.3 Å². The average molecular weight is 329 g/mol. The van der Waals surface area contributed by atoms with Crippen molar-refractivity contribution in [3.63, 3.8) is 0 Å². The molecule has 21 heavy (non-hydrogen) atoms. The van der Waals surface area contributed by atoms with Crippen molar-refractivity contribution in [3.8, 4) is 5.75 Å². The van der Waals surface area contributed by atoms with E-state index in [2.05, 4.69) is 0 Å². The molecule has 3 nitrogen and oxygen atoms in total. The van der Waals surface area contributed by atoms with Gasteiger partial charge in [-0.25, -0.2) is 9.18 Å². The van der Waals surface area contributed by atoms with Gasteiger partial charge in [-0.15, -0.1) is 11.3 Å². The Kier molecular flexibility index (Phi) is 5.20. The van der Waals surface area contributed by atoms with Crippen LogP contribution in [0, 0.1) is 5.82 Å². The van der Waals surface area contributed by atoms with Gasteiger partial charge in [-0.05, 0) is 30.7 Å². The number of rotatable bonds is 6. The molecule has 0 aliphatic rings. The molecule has 0 aliphatic carbocycles. The fourth-order valence-corrected chi connectivity index (χ4v) is 3.07. The van der Waals surface area contributed by atoms with E-state index in [4.69, 9.17) is 16.3 Å². The number of carboxylic acid groups (broad SMARTS) is 1. The summed E-state index contributed by atoms with van der Waals surface area (Å²) in [6, 6.07) is 5.72. The Labute approximate surface area is 130 Å². The van der Waals surface area contributed by atoms with Crippen molar-refractivity contribution in [1.29, 1.82) is 0 Å². The Hall–Kier alpha value is -1.59. The van der Waals surface area contributed by atoms with E-state index in [1.165, 1.54) is 29.5 Å². The molecule has 0 saturated heterocycles. The van der Waals surface area contributed by atoms with Gasteiger partial charge in [0.15, 0.2) is 4.88 Å². The van der Waals surface area contributed by atoms with E-state index in [-0.39, 0.29) is 11.5 Å². The van der Waals surface area contributed by atoms with Gasteiger partial charge < -0.3 is 9.84 Å². The van der Waals surface area contributed by atoms with Crippen LogP contribution < -0.4 is 4.74 Å². The average Bonchev–Trinajstić information content (AvgIpc) is 2.83. The Morgan fingerprint density at radius 3 is 2.86 bits per heavy atom. The van der Waals surface area contributed by atoms with Crippen LogP contribution in [0.1, 0.15) is 33.5 Å². The topological polar surface area (TPSA) is 46.5 Å². The summed E-state index contributed by atoms with van der Waals surface area (Å²) in [5.41, 5.74) is 0.483. The van der Waals surface area contributed by atoms with Crippen LogP contribution in [0.2, 0.25) is 5.02 Å². The lowest BCUT2D eigenvalue weighted by Crippen LogP contribution is -2.01. The zero-order chi connectivity index (χ0) is 15.4. The third kappa shape index (κ3) is 3.95. The highest BCUT2D eigenvalue weighted by Crippen LogP contribution is 2.31. The number of hydrogen-bond donors (Lipinski definition) is 1. The number of benzene rings is 1. The molecule has 0 fully saturated rings. The number of ether oxygens (including phenoxy) is 1. The monoisotopic (exact) mass is 328 g/mol. The second-order valence-corrected chi connectivity index (χ2v) is 6.03. The lowest BCUT2D eigenvalue weighted by atomic mass is 10.2. The second kappa shape index (κ2) is 6.91. The van der Waals surface area contributed by atoms with Crippen LogP contribution >= 0.6 is 22.9 Å². The molecule has 0 unspecified atom stereocenters. The third-order valence-corrected chi connectivity index (χ3v) is 4.36. The molecule has 1 aromatic carbocycles. The van der Waals surface area contributed by atoms with Gasteiger partial charge in [-0.2, -0.15) is 0 Å². The molecule has 0 atom stereocenters. The number of aromatic carboxylic acids is 1. The zero-order valence-corrected chi connectivity index (χ0v) is 12.9. The highest BCUT2D eigenvalue weighted by molar-refractivity contribution is 7.14. The standard InChI is InChI=1S/C15H14ClFO3S/c1-2-3-11-7-13(14(21-11)15(18)19)20-8-9-6-10(17)4-5-12(9)16/h4-7H,2-3,8H2,1H3,(H,18,19). The molecule has 1 N–H and O–H groups in total. The van der Waals surface area contributed by atoms with E-state index >= 15 is 0 Å². The number of thiophene rings is 1. The lowest BCUT2D eigenvalue weighted by Gasteiger charge is -2.07. The van der Waals surface area contributed by atoms with Crippen LogP contribution in [0.15, 0.2) is 24.3 Å². The van der Waals surface area contributed by atoms with Gasteiger partial charge in [-0.3, -0.25) is 0 Å². The molecular weight excluding hydrogens is 315 g/mol. The summed E-state index contributed by atoms with van der Waals surface area (Å²) in [5.74, 6) is -1.13. The quantitative estimate of drug-likeness (QED) is 0.830. The normalized spacial score (nSPS) is 10.6. The number of carboxylic acids is 1. The Bertz CT molecular complexity index is 654. The third-order valence-electron chi connectivity index (χ3n) is 2.83. The van der Waals surface area contributed by atoms with Gasteiger partial charge in [0.05, 0.1) is 0 Å². The van der Waals surface area contributed by atoms with Crippen molar-refractivity contribution in [1.82, 2.24) is 0 Å². The molecule has 0 radical (unpaired) electrons. The molecule has 0 amide bonds. The minimum absolute atomic E-state index is 0.0270. The molecule has 0 saturated carbocycles. The summed E-state index contributed by atoms with van der Waals surface area (Å²) < 4.78 is 18.7. The summed E-state index contributed by atoms with van der Waals surface area (Å²) in [4.78, 5) is 12.3. The van der Waals surface area contributed by atoms with Gasteiger partial charge >= 0.3 is 5.97 Å². The number of aryl methyl sites for hydroxylation is 1. The zero-order valence-electron chi connectivity index (χ0n) is 11.4. The van der Waals surface area contributed by atoms with Crippen LogP contribution in [0.5, 0.6) is 5.75 Å². The Morgan fingerprint density at radius 2 is 2.19 bits per heavy atom. The van der Waals surface area contributed by atoms with E-state index in [1.807, 2.05) is 6.92 Å². The predicted octanol–water partition coefficient (Wildman–Crippen LogP) is 4.77. The molecule has 1 heterocycles. The lowest BCUT2D eigenvalue weighted by molar-refractivity contribution is 0.0697. The highest BCUT2D eigenvalue weighted by Gasteiger charge is 2.17. The fraction of sp³-hybridized carbons (Fsp3) is 0.267. The maximum absolute atomic E-state index is 13.2. The van der Waals surface area contributed by atoms with Crippen molar-refractivity contribution in [2.24, 2.45) is 0 Å². The highest BCUT2D eigenvalue weighted by atomic mass is 35.5. The summed E-state index contributed by atoms with van der Waals surface area (Å²) in [6.45, 7) is 2.05. The largest absolute Gasteiger partial charge is 0.487 e. The molecule has 2 rings (SSSR count). The SMILES string of the molecule is CCCc1cc(OCc2cc(F)ccc2Cl)c(C(=O)O)s1.